The topological polar surface area (TPSA) is 76.2 Å². The fourth-order valence-electron chi connectivity index (χ4n) is 1.51. The predicted molar refractivity (Wildman–Crippen MR) is 62.7 cm³/mol. The van der Waals surface area contributed by atoms with Crippen molar-refractivity contribution in [3.05, 3.63) is 11.7 Å². The van der Waals surface area contributed by atoms with Crippen LogP contribution in [-0.2, 0) is 16.6 Å². The number of rotatable bonds is 4. The summed E-state index contributed by atoms with van der Waals surface area (Å²) in [4.78, 5) is 15.0. The summed E-state index contributed by atoms with van der Waals surface area (Å²) in [7, 11) is 0. The lowest BCUT2D eigenvalue weighted by Crippen LogP contribution is -2.20. The molecule has 0 spiro atoms. The standard InChI is InChI=1S/C12H20N2O3/c1-11(2,3)10-13-8(17-14-10)6-12(4,5)7-9(15)16/h6-7H2,1-5H3,(H,15,16). The van der Waals surface area contributed by atoms with Crippen LogP contribution in [-0.4, -0.2) is 21.2 Å². The van der Waals surface area contributed by atoms with E-state index in [9.17, 15) is 4.79 Å². The monoisotopic (exact) mass is 240 g/mol. The van der Waals surface area contributed by atoms with E-state index in [1.54, 1.807) is 0 Å². The van der Waals surface area contributed by atoms with Crippen molar-refractivity contribution in [3.8, 4) is 0 Å². The first kappa shape index (κ1) is 13.7. The Hall–Kier alpha value is -1.39. The average molecular weight is 240 g/mol. The summed E-state index contributed by atoms with van der Waals surface area (Å²) in [5, 5.41) is 12.7. The molecule has 1 aromatic rings. The molecule has 1 N–H and O–H groups in total. The first-order valence-corrected chi connectivity index (χ1v) is 5.65. The summed E-state index contributed by atoms with van der Waals surface area (Å²) >= 11 is 0. The third-order valence-electron chi connectivity index (χ3n) is 2.40. The minimum atomic E-state index is -0.814. The van der Waals surface area contributed by atoms with Gasteiger partial charge in [-0.25, -0.2) is 0 Å². The van der Waals surface area contributed by atoms with Crippen molar-refractivity contribution in [1.82, 2.24) is 10.1 Å². The first-order chi connectivity index (χ1) is 7.60. The SMILES string of the molecule is CC(C)(CC(=O)O)Cc1nc(C(C)(C)C)no1. The molecule has 0 saturated carbocycles. The summed E-state index contributed by atoms with van der Waals surface area (Å²) in [6.07, 6.45) is 0.558. The Kier molecular flexibility index (Phi) is 3.59. The third-order valence-corrected chi connectivity index (χ3v) is 2.40. The van der Waals surface area contributed by atoms with Crippen LogP contribution < -0.4 is 0 Å². The Morgan fingerprint density at radius 1 is 1.29 bits per heavy atom. The minimum absolute atomic E-state index is 0.0836. The number of carboxylic acid groups (broad SMARTS) is 1. The van der Waals surface area contributed by atoms with Crippen molar-refractivity contribution in [2.75, 3.05) is 0 Å². The molecule has 0 unspecified atom stereocenters. The van der Waals surface area contributed by atoms with Crippen molar-refractivity contribution < 1.29 is 14.4 Å². The van der Waals surface area contributed by atoms with Crippen LogP contribution in [0.1, 0.15) is 52.8 Å². The van der Waals surface area contributed by atoms with Gasteiger partial charge in [-0.2, -0.15) is 4.98 Å². The van der Waals surface area contributed by atoms with Gasteiger partial charge in [0.1, 0.15) is 0 Å². The van der Waals surface area contributed by atoms with Gasteiger partial charge >= 0.3 is 5.97 Å². The molecule has 0 aromatic carbocycles. The zero-order chi connectivity index (χ0) is 13.3. The molecule has 0 fully saturated rings. The summed E-state index contributed by atoms with van der Waals surface area (Å²) in [5.74, 6) is 0.338. The van der Waals surface area contributed by atoms with Crippen LogP contribution in [0.2, 0.25) is 0 Å². The van der Waals surface area contributed by atoms with E-state index in [1.807, 2.05) is 34.6 Å². The minimum Gasteiger partial charge on any atom is -0.481 e. The fraction of sp³-hybridized carbons (Fsp3) is 0.750. The van der Waals surface area contributed by atoms with Crippen LogP contribution in [0.4, 0.5) is 0 Å². The lowest BCUT2D eigenvalue weighted by atomic mass is 9.85. The van der Waals surface area contributed by atoms with E-state index in [0.29, 0.717) is 18.1 Å². The predicted octanol–water partition coefficient (Wildman–Crippen LogP) is 2.41. The Bertz CT molecular complexity index is 402. The molecule has 0 aliphatic rings. The molecule has 1 rings (SSSR count). The van der Waals surface area contributed by atoms with E-state index in [1.165, 1.54) is 0 Å². The summed E-state index contributed by atoms with van der Waals surface area (Å²) in [6.45, 7) is 9.77. The summed E-state index contributed by atoms with van der Waals surface area (Å²) in [6, 6.07) is 0. The number of carbonyl (C=O) groups is 1. The molecular formula is C12H20N2O3. The molecule has 0 bridgehead atoms. The van der Waals surface area contributed by atoms with Crippen molar-refractivity contribution in [1.29, 1.82) is 0 Å². The second-order valence-electron chi connectivity index (χ2n) is 6.17. The Labute approximate surface area is 101 Å². The van der Waals surface area contributed by atoms with E-state index in [4.69, 9.17) is 9.63 Å². The maximum atomic E-state index is 10.7. The fourth-order valence-corrected chi connectivity index (χ4v) is 1.51. The van der Waals surface area contributed by atoms with Crippen molar-refractivity contribution in [3.63, 3.8) is 0 Å². The van der Waals surface area contributed by atoms with Crippen LogP contribution in [0.5, 0.6) is 0 Å². The third kappa shape index (κ3) is 4.17. The summed E-state index contributed by atoms with van der Waals surface area (Å²) < 4.78 is 5.15. The number of hydrogen-bond donors (Lipinski definition) is 1. The molecule has 5 nitrogen and oxygen atoms in total. The van der Waals surface area contributed by atoms with Gasteiger partial charge in [0.2, 0.25) is 5.89 Å². The van der Waals surface area contributed by atoms with Crippen molar-refractivity contribution in [2.24, 2.45) is 5.41 Å². The molecule has 0 aliphatic carbocycles. The van der Waals surface area contributed by atoms with E-state index < -0.39 is 5.97 Å². The Morgan fingerprint density at radius 3 is 2.29 bits per heavy atom. The molecule has 0 radical (unpaired) electrons. The number of nitrogens with zero attached hydrogens (tertiary/aromatic N) is 2. The van der Waals surface area contributed by atoms with Crippen molar-refractivity contribution >= 4 is 5.97 Å². The normalized spacial score (nSPS) is 12.8. The molecule has 0 aliphatic heterocycles. The van der Waals surface area contributed by atoms with Crippen LogP contribution in [0.15, 0.2) is 4.52 Å². The maximum Gasteiger partial charge on any atom is 0.303 e. The molecule has 0 amide bonds. The highest BCUT2D eigenvalue weighted by Gasteiger charge is 2.27. The lowest BCUT2D eigenvalue weighted by molar-refractivity contribution is -0.139. The first-order valence-electron chi connectivity index (χ1n) is 5.65. The summed E-state index contributed by atoms with van der Waals surface area (Å²) in [5.41, 5.74) is -0.536. The van der Waals surface area contributed by atoms with Gasteiger partial charge in [-0.3, -0.25) is 4.79 Å². The van der Waals surface area contributed by atoms with Gasteiger partial charge < -0.3 is 9.63 Å². The van der Waals surface area contributed by atoms with Gasteiger partial charge in [0, 0.05) is 11.8 Å². The zero-order valence-electron chi connectivity index (χ0n) is 11.1. The second-order valence-corrected chi connectivity index (χ2v) is 6.17. The number of hydrogen-bond acceptors (Lipinski definition) is 4. The highest BCUT2D eigenvalue weighted by atomic mass is 16.5. The molecular weight excluding hydrogens is 220 g/mol. The molecule has 17 heavy (non-hydrogen) atoms. The van der Waals surface area contributed by atoms with E-state index in [2.05, 4.69) is 10.1 Å². The van der Waals surface area contributed by atoms with Gasteiger partial charge in [0.25, 0.3) is 0 Å². The highest BCUT2D eigenvalue weighted by Crippen LogP contribution is 2.26. The molecule has 5 heteroatoms. The van der Waals surface area contributed by atoms with Crippen LogP contribution in [0, 0.1) is 5.41 Å². The van der Waals surface area contributed by atoms with Gasteiger partial charge in [-0.05, 0) is 5.41 Å². The molecule has 0 atom stereocenters. The molecule has 1 aromatic heterocycles. The largest absolute Gasteiger partial charge is 0.481 e. The van der Waals surface area contributed by atoms with Crippen LogP contribution >= 0.6 is 0 Å². The second kappa shape index (κ2) is 4.47. The highest BCUT2D eigenvalue weighted by molar-refractivity contribution is 5.67. The van der Waals surface area contributed by atoms with Crippen molar-refractivity contribution in [2.45, 2.75) is 52.9 Å². The zero-order valence-corrected chi connectivity index (χ0v) is 11.1. The molecule has 1 heterocycles. The van der Waals surface area contributed by atoms with E-state index >= 15 is 0 Å². The Morgan fingerprint density at radius 2 is 1.88 bits per heavy atom. The maximum absolute atomic E-state index is 10.7. The quantitative estimate of drug-likeness (QED) is 0.874. The van der Waals surface area contributed by atoms with Crippen LogP contribution in [0.3, 0.4) is 0 Å². The number of carboxylic acids is 1. The molecule has 0 saturated heterocycles. The van der Waals surface area contributed by atoms with Gasteiger partial charge in [-0.15, -0.1) is 0 Å². The van der Waals surface area contributed by atoms with E-state index in [0.717, 1.165) is 0 Å². The van der Waals surface area contributed by atoms with Gasteiger partial charge in [0.05, 0.1) is 6.42 Å². The smallest absolute Gasteiger partial charge is 0.303 e. The molecule has 96 valence electrons. The van der Waals surface area contributed by atoms with Gasteiger partial charge in [-0.1, -0.05) is 39.8 Å². The van der Waals surface area contributed by atoms with Crippen LogP contribution in [0.25, 0.3) is 0 Å². The van der Waals surface area contributed by atoms with Gasteiger partial charge in [0.15, 0.2) is 5.82 Å². The number of aromatic nitrogens is 2. The number of aliphatic carboxylic acids is 1. The van der Waals surface area contributed by atoms with E-state index in [-0.39, 0.29) is 17.3 Å². The average Bonchev–Trinajstić information content (AvgIpc) is 2.47. The Balaban J connectivity index is 2.76. The lowest BCUT2D eigenvalue weighted by Gasteiger charge is -2.19.